The molecule has 104 valence electrons. The van der Waals surface area contributed by atoms with E-state index in [9.17, 15) is 4.79 Å². The average Bonchev–Trinajstić information content (AvgIpc) is 2.53. The molecule has 2 N–H and O–H groups in total. The van der Waals surface area contributed by atoms with Crippen molar-refractivity contribution in [3.05, 3.63) is 60.2 Å². The van der Waals surface area contributed by atoms with E-state index in [2.05, 4.69) is 47.0 Å². The van der Waals surface area contributed by atoms with Gasteiger partial charge >= 0.3 is 0 Å². The van der Waals surface area contributed by atoms with Crippen molar-refractivity contribution in [3.63, 3.8) is 0 Å². The quantitative estimate of drug-likeness (QED) is 0.875. The van der Waals surface area contributed by atoms with Gasteiger partial charge in [0, 0.05) is 13.6 Å². The number of carbonyl (C=O) groups excluding carboxylic acids is 1. The predicted octanol–water partition coefficient (Wildman–Crippen LogP) is 2.58. The Labute approximate surface area is 120 Å². The zero-order valence-corrected chi connectivity index (χ0v) is 11.9. The number of amides is 1. The van der Waals surface area contributed by atoms with Crippen LogP contribution in [0.1, 0.15) is 12.5 Å². The largest absolute Gasteiger partial charge is 0.358 e. The maximum Gasteiger partial charge on any atom is 0.236 e. The second-order valence-corrected chi connectivity index (χ2v) is 4.78. The van der Waals surface area contributed by atoms with Crippen LogP contribution in [0.4, 0.5) is 0 Å². The van der Waals surface area contributed by atoms with Crippen molar-refractivity contribution in [2.24, 2.45) is 0 Å². The Kier molecular flexibility index (Phi) is 4.91. The molecule has 0 aromatic heterocycles. The molecule has 1 atom stereocenters. The van der Waals surface area contributed by atoms with Gasteiger partial charge in [0.2, 0.25) is 5.91 Å². The molecule has 0 radical (unpaired) electrons. The highest BCUT2D eigenvalue weighted by atomic mass is 16.2. The van der Waals surface area contributed by atoms with E-state index in [1.165, 1.54) is 16.7 Å². The third kappa shape index (κ3) is 3.68. The molecule has 1 unspecified atom stereocenters. The molecule has 0 spiro atoms. The highest BCUT2D eigenvalue weighted by Gasteiger charge is 2.09. The van der Waals surface area contributed by atoms with Crippen molar-refractivity contribution < 1.29 is 4.79 Å². The Morgan fingerprint density at radius 1 is 1.00 bits per heavy atom. The van der Waals surface area contributed by atoms with E-state index in [0.717, 1.165) is 0 Å². The van der Waals surface area contributed by atoms with Crippen LogP contribution in [0.15, 0.2) is 54.6 Å². The standard InChI is InChI=1S/C17H20N2O/c1-13(17(20)18-2)19-12-14-8-10-16(11-9-14)15-6-4-3-5-7-15/h3-11,13,19H,12H2,1-2H3,(H,18,20). The van der Waals surface area contributed by atoms with E-state index >= 15 is 0 Å². The summed E-state index contributed by atoms with van der Waals surface area (Å²) in [5.74, 6) is 0.00547. The number of likely N-dealkylation sites (N-methyl/N-ethyl adjacent to an activating group) is 1. The fourth-order valence-electron chi connectivity index (χ4n) is 2.03. The Balaban J connectivity index is 1.97. The van der Waals surface area contributed by atoms with E-state index in [4.69, 9.17) is 0 Å². The number of nitrogens with one attached hydrogen (secondary N) is 2. The van der Waals surface area contributed by atoms with Crippen molar-refractivity contribution in [1.29, 1.82) is 0 Å². The summed E-state index contributed by atoms with van der Waals surface area (Å²) in [4.78, 5) is 11.4. The molecular formula is C17H20N2O. The Morgan fingerprint density at radius 2 is 1.60 bits per heavy atom. The van der Waals surface area contributed by atoms with Crippen LogP contribution in [0.3, 0.4) is 0 Å². The molecule has 0 aliphatic heterocycles. The molecule has 0 aliphatic rings. The summed E-state index contributed by atoms with van der Waals surface area (Å²) in [6.07, 6.45) is 0. The average molecular weight is 268 g/mol. The van der Waals surface area contributed by atoms with Crippen LogP contribution in [-0.2, 0) is 11.3 Å². The minimum atomic E-state index is -0.186. The Bertz CT molecular complexity index is 549. The van der Waals surface area contributed by atoms with Crippen LogP contribution < -0.4 is 10.6 Å². The highest BCUT2D eigenvalue weighted by molar-refractivity contribution is 5.80. The number of carbonyl (C=O) groups is 1. The molecule has 0 fully saturated rings. The molecule has 0 bridgehead atoms. The second-order valence-electron chi connectivity index (χ2n) is 4.78. The first-order chi connectivity index (χ1) is 9.70. The van der Waals surface area contributed by atoms with Crippen LogP contribution in [0.25, 0.3) is 11.1 Å². The summed E-state index contributed by atoms with van der Waals surface area (Å²) in [6.45, 7) is 2.54. The van der Waals surface area contributed by atoms with Crippen LogP contribution in [0.5, 0.6) is 0 Å². The van der Waals surface area contributed by atoms with Gasteiger partial charge in [0.05, 0.1) is 6.04 Å². The molecular weight excluding hydrogens is 248 g/mol. The summed E-state index contributed by atoms with van der Waals surface area (Å²) in [7, 11) is 1.65. The lowest BCUT2D eigenvalue weighted by Crippen LogP contribution is -2.40. The molecule has 0 heterocycles. The molecule has 0 saturated heterocycles. The van der Waals surface area contributed by atoms with Gasteiger partial charge in [0.1, 0.15) is 0 Å². The van der Waals surface area contributed by atoms with Crippen molar-refractivity contribution in [1.82, 2.24) is 10.6 Å². The van der Waals surface area contributed by atoms with Crippen LogP contribution in [0.2, 0.25) is 0 Å². The van der Waals surface area contributed by atoms with Crippen molar-refractivity contribution >= 4 is 5.91 Å². The monoisotopic (exact) mass is 268 g/mol. The summed E-state index contributed by atoms with van der Waals surface area (Å²) in [6, 6.07) is 18.5. The van der Waals surface area contributed by atoms with Crippen LogP contribution >= 0.6 is 0 Å². The molecule has 0 aliphatic carbocycles. The van der Waals surface area contributed by atoms with Crippen molar-refractivity contribution in [2.75, 3.05) is 7.05 Å². The van der Waals surface area contributed by atoms with E-state index in [1.807, 2.05) is 25.1 Å². The van der Waals surface area contributed by atoms with Gasteiger partial charge in [-0.25, -0.2) is 0 Å². The minimum Gasteiger partial charge on any atom is -0.358 e. The van der Waals surface area contributed by atoms with E-state index < -0.39 is 0 Å². The van der Waals surface area contributed by atoms with E-state index in [1.54, 1.807) is 7.05 Å². The lowest BCUT2D eigenvalue weighted by atomic mass is 10.0. The summed E-state index contributed by atoms with van der Waals surface area (Å²) < 4.78 is 0. The summed E-state index contributed by atoms with van der Waals surface area (Å²) >= 11 is 0. The molecule has 1 amide bonds. The van der Waals surface area contributed by atoms with Crippen molar-refractivity contribution in [3.8, 4) is 11.1 Å². The first-order valence-corrected chi connectivity index (χ1v) is 6.80. The second kappa shape index (κ2) is 6.87. The maximum absolute atomic E-state index is 11.4. The van der Waals surface area contributed by atoms with Gasteiger partial charge < -0.3 is 10.6 Å². The maximum atomic E-state index is 11.4. The minimum absolute atomic E-state index is 0.00547. The van der Waals surface area contributed by atoms with E-state index in [0.29, 0.717) is 6.54 Å². The molecule has 3 nitrogen and oxygen atoms in total. The topological polar surface area (TPSA) is 41.1 Å². The Morgan fingerprint density at radius 3 is 2.20 bits per heavy atom. The number of hydrogen-bond donors (Lipinski definition) is 2. The predicted molar refractivity (Wildman–Crippen MR) is 82.2 cm³/mol. The normalized spacial score (nSPS) is 11.9. The molecule has 20 heavy (non-hydrogen) atoms. The molecule has 0 saturated carbocycles. The van der Waals surface area contributed by atoms with Crippen LogP contribution in [0, 0.1) is 0 Å². The number of rotatable bonds is 5. The van der Waals surface area contributed by atoms with Gasteiger partial charge in [-0.15, -0.1) is 0 Å². The fourth-order valence-corrected chi connectivity index (χ4v) is 2.03. The third-order valence-electron chi connectivity index (χ3n) is 3.31. The SMILES string of the molecule is CNC(=O)C(C)NCc1ccc(-c2ccccc2)cc1. The van der Waals surface area contributed by atoms with E-state index in [-0.39, 0.29) is 11.9 Å². The first-order valence-electron chi connectivity index (χ1n) is 6.80. The molecule has 2 rings (SSSR count). The number of benzene rings is 2. The van der Waals surface area contributed by atoms with Gasteiger partial charge in [0.25, 0.3) is 0 Å². The molecule has 2 aromatic rings. The van der Waals surface area contributed by atoms with Gasteiger partial charge in [0.15, 0.2) is 0 Å². The fraction of sp³-hybridized carbons (Fsp3) is 0.235. The molecule has 3 heteroatoms. The number of hydrogen-bond acceptors (Lipinski definition) is 2. The highest BCUT2D eigenvalue weighted by Crippen LogP contribution is 2.19. The summed E-state index contributed by atoms with van der Waals surface area (Å²) in [5.41, 5.74) is 3.58. The Hall–Kier alpha value is -2.13. The lowest BCUT2D eigenvalue weighted by molar-refractivity contribution is -0.122. The zero-order valence-electron chi connectivity index (χ0n) is 11.9. The first kappa shape index (κ1) is 14.3. The third-order valence-corrected chi connectivity index (χ3v) is 3.31. The van der Waals surface area contributed by atoms with Gasteiger partial charge in [-0.3, -0.25) is 4.79 Å². The lowest BCUT2D eigenvalue weighted by Gasteiger charge is -2.12. The zero-order chi connectivity index (χ0) is 14.4. The van der Waals surface area contributed by atoms with Gasteiger partial charge in [-0.05, 0) is 23.6 Å². The molecule has 2 aromatic carbocycles. The smallest absolute Gasteiger partial charge is 0.236 e. The van der Waals surface area contributed by atoms with Crippen LogP contribution in [-0.4, -0.2) is 19.0 Å². The van der Waals surface area contributed by atoms with Crippen molar-refractivity contribution in [2.45, 2.75) is 19.5 Å². The summed E-state index contributed by atoms with van der Waals surface area (Å²) in [5, 5.41) is 5.83. The van der Waals surface area contributed by atoms with Gasteiger partial charge in [-0.2, -0.15) is 0 Å². The van der Waals surface area contributed by atoms with Gasteiger partial charge in [-0.1, -0.05) is 54.6 Å².